The second-order valence-corrected chi connectivity index (χ2v) is 4.74. The van der Waals surface area contributed by atoms with E-state index in [4.69, 9.17) is 0 Å². The van der Waals surface area contributed by atoms with Gasteiger partial charge in [-0.15, -0.1) is 0 Å². The van der Waals surface area contributed by atoms with Gasteiger partial charge in [-0.3, -0.25) is 14.9 Å². The van der Waals surface area contributed by atoms with Crippen molar-refractivity contribution < 1.29 is 9.31 Å². The van der Waals surface area contributed by atoms with Gasteiger partial charge in [0.25, 0.3) is 5.56 Å². The monoisotopic (exact) mass is 326 g/mol. The lowest BCUT2D eigenvalue weighted by atomic mass is 10.2. The van der Waals surface area contributed by atoms with E-state index in [1.165, 1.54) is 29.0 Å². The summed E-state index contributed by atoms with van der Waals surface area (Å²) in [4.78, 5) is 21.4. The van der Waals surface area contributed by atoms with Gasteiger partial charge >= 0.3 is 5.69 Å². The summed E-state index contributed by atoms with van der Waals surface area (Å²) in [7, 11) is 0. The minimum absolute atomic E-state index is 0.0637. The maximum Gasteiger partial charge on any atom is 0.305 e. The van der Waals surface area contributed by atoms with Crippen LogP contribution in [0.5, 0.6) is 0 Å². The number of pyridine rings is 1. The van der Waals surface area contributed by atoms with Gasteiger partial charge in [0.05, 0.1) is 11.5 Å². The lowest BCUT2D eigenvalue weighted by Gasteiger charge is -2.07. The Morgan fingerprint density at radius 2 is 2.05 bits per heavy atom. The van der Waals surface area contributed by atoms with Gasteiger partial charge in [-0.05, 0) is 22.0 Å². The number of halogens is 2. The molecule has 0 atom stereocenters. The molecule has 5 nitrogen and oxygen atoms in total. The van der Waals surface area contributed by atoms with Crippen LogP contribution < -0.4 is 5.56 Å². The third kappa shape index (κ3) is 2.87. The van der Waals surface area contributed by atoms with E-state index < -0.39 is 16.4 Å². The SMILES string of the molecule is O=c1ccc(Br)cn1Cc1cccc([N+](=O)[O-])c1F. The van der Waals surface area contributed by atoms with Crippen molar-refractivity contribution in [2.45, 2.75) is 6.54 Å². The second-order valence-electron chi connectivity index (χ2n) is 3.82. The van der Waals surface area contributed by atoms with Gasteiger partial charge in [0.15, 0.2) is 0 Å². The third-order valence-electron chi connectivity index (χ3n) is 2.54. The predicted octanol–water partition coefficient (Wildman–Crippen LogP) is 2.71. The van der Waals surface area contributed by atoms with Crippen LogP contribution in [-0.2, 0) is 6.54 Å². The smallest absolute Gasteiger partial charge is 0.305 e. The Hall–Kier alpha value is -2.02. The molecular weight excluding hydrogens is 319 g/mol. The minimum Gasteiger partial charge on any atom is -0.310 e. The van der Waals surface area contributed by atoms with Crippen molar-refractivity contribution in [1.29, 1.82) is 0 Å². The summed E-state index contributed by atoms with van der Waals surface area (Å²) in [5.74, 6) is -0.917. The number of rotatable bonds is 3. The van der Waals surface area contributed by atoms with E-state index in [1.54, 1.807) is 6.07 Å². The van der Waals surface area contributed by atoms with Crippen LogP contribution in [0.2, 0.25) is 0 Å². The molecule has 0 spiro atoms. The van der Waals surface area contributed by atoms with Crippen LogP contribution in [0, 0.1) is 15.9 Å². The van der Waals surface area contributed by atoms with Crippen molar-refractivity contribution in [3.8, 4) is 0 Å². The molecule has 0 amide bonds. The van der Waals surface area contributed by atoms with E-state index in [0.29, 0.717) is 4.47 Å². The van der Waals surface area contributed by atoms with Crippen molar-refractivity contribution >= 4 is 21.6 Å². The summed E-state index contributed by atoms with van der Waals surface area (Å²) in [6.07, 6.45) is 1.50. The highest BCUT2D eigenvalue weighted by molar-refractivity contribution is 9.10. The average molecular weight is 327 g/mol. The van der Waals surface area contributed by atoms with Gasteiger partial charge in [0.2, 0.25) is 5.82 Å². The number of nitrogens with zero attached hydrogens (tertiary/aromatic N) is 2. The van der Waals surface area contributed by atoms with Crippen LogP contribution in [0.25, 0.3) is 0 Å². The Morgan fingerprint density at radius 3 is 2.74 bits per heavy atom. The molecule has 1 aromatic heterocycles. The van der Waals surface area contributed by atoms with Crippen molar-refractivity contribution in [1.82, 2.24) is 4.57 Å². The maximum atomic E-state index is 13.9. The molecule has 98 valence electrons. The standard InChI is InChI=1S/C12H8BrFN2O3/c13-9-4-5-11(17)15(7-9)6-8-2-1-3-10(12(8)14)16(18)19/h1-5,7H,6H2. The molecule has 7 heteroatoms. The molecule has 0 fully saturated rings. The van der Waals surface area contributed by atoms with E-state index >= 15 is 0 Å². The summed E-state index contributed by atoms with van der Waals surface area (Å²) >= 11 is 3.20. The fourth-order valence-electron chi connectivity index (χ4n) is 1.64. The fraction of sp³-hybridized carbons (Fsp3) is 0.0833. The Bertz CT molecular complexity index is 700. The van der Waals surface area contributed by atoms with Crippen molar-refractivity contribution in [3.05, 3.63) is 72.9 Å². The van der Waals surface area contributed by atoms with Crippen LogP contribution in [0.4, 0.5) is 10.1 Å². The number of benzene rings is 1. The molecular formula is C12H8BrFN2O3. The molecule has 0 N–H and O–H groups in total. The molecule has 0 saturated heterocycles. The van der Waals surface area contributed by atoms with Crippen LogP contribution in [0.1, 0.15) is 5.56 Å². The first-order valence-electron chi connectivity index (χ1n) is 5.27. The number of hydrogen-bond acceptors (Lipinski definition) is 3. The molecule has 2 aromatic rings. The molecule has 2 rings (SSSR count). The minimum atomic E-state index is -0.917. The summed E-state index contributed by atoms with van der Waals surface area (Å²) in [6.45, 7) is -0.0637. The summed E-state index contributed by atoms with van der Waals surface area (Å²) in [6, 6.07) is 6.79. The molecule has 0 aliphatic heterocycles. The highest BCUT2D eigenvalue weighted by Crippen LogP contribution is 2.20. The lowest BCUT2D eigenvalue weighted by Crippen LogP contribution is -2.19. The zero-order chi connectivity index (χ0) is 14.0. The Morgan fingerprint density at radius 1 is 1.32 bits per heavy atom. The highest BCUT2D eigenvalue weighted by Gasteiger charge is 2.17. The van der Waals surface area contributed by atoms with E-state index in [1.807, 2.05) is 0 Å². The first-order chi connectivity index (χ1) is 8.99. The molecule has 19 heavy (non-hydrogen) atoms. The number of nitro groups is 1. The van der Waals surface area contributed by atoms with Gasteiger partial charge in [-0.2, -0.15) is 4.39 Å². The van der Waals surface area contributed by atoms with Gasteiger partial charge in [-0.1, -0.05) is 12.1 Å². The number of nitro benzene ring substituents is 1. The molecule has 0 unspecified atom stereocenters. The van der Waals surface area contributed by atoms with Gasteiger partial charge < -0.3 is 4.57 Å². The zero-order valence-electron chi connectivity index (χ0n) is 9.55. The normalized spacial score (nSPS) is 10.4. The Kier molecular flexibility index (Phi) is 3.75. The van der Waals surface area contributed by atoms with Gasteiger partial charge in [-0.25, -0.2) is 0 Å². The fourth-order valence-corrected chi connectivity index (χ4v) is 2.02. The summed E-state index contributed by atoms with van der Waals surface area (Å²) < 4.78 is 15.8. The first kappa shape index (κ1) is 13.4. The van der Waals surface area contributed by atoms with Crippen LogP contribution in [0.15, 0.2) is 45.8 Å². The van der Waals surface area contributed by atoms with Gasteiger partial charge in [0, 0.05) is 28.4 Å². The Labute approximate surface area is 115 Å². The molecule has 0 aliphatic rings. The predicted molar refractivity (Wildman–Crippen MR) is 70.6 cm³/mol. The third-order valence-corrected chi connectivity index (χ3v) is 3.01. The van der Waals surface area contributed by atoms with Crippen LogP contribution >= 0.6 is 15.9 Å². The second kappa shape index (κ2) is 5.31. The summed E-state index contributed by atoms with van der Waals surface area (Å²) in [5.41, 5.74) is -0.816. The molecule has 0 aliphatic carbocycles. The largest absolute Gasteiger partial charge is 0.310 e. The van der Waals surface area contributed by atoms with Crippen molar-refractivity contribution in [2.24, 2.45) is 0 Å². The molecule has 0 saturated carbocycles. The molecule has 0 radical (unpaired) electrons. The molecule has 1 heterocycles. The van der Waals surface area contributed by atoms with Crippen LogP contribution in [-0.4, -0.2) is 9.49 Å². The molecule has 0 bridgehead atoms. The van der Waals surface area contributed by atoms with Crippen LogP contribution in [0.3, 0.4) is 0 Å². The maximum absolute atomic E-state index is 13.9. The summed E-state index contributed by atoms with van der Waals surface area (Å²) in [5, 5.41) is 10.6. The average Bonchev–Trinajstić information content (AvgIpc) is 2.36. The highest BCUT2D eigenvalue weighted by atomic mass is 79.9. The van der Waals surface area contributed by atoms with Gasteiger partial charge in [0.1, 0.15) is 0 Å². The van der Waals surface area contributed by atoms with Crippen molar-refractivity contribution in [3.63, 3.8) is 0 Å². The number of hydrogen-bond donors (Lipinski definition) is 0. The van der Waals surface area contributed by atoms with E-state index in [-0.39, 0.29) is 17.7 Å². The van der Waals surface area contributed by atoms with Crippen molar-refractivity contribution in [2.75, 3.05) is 0 Å². The van der Waals surface area contributed by atoms with E-state index in [0.717, 1.165) is 6.07 Å². The number of aromatic nitrogens is 1. The van der Waals surface area contributed by atoms with E-state index in [9.17, 15) is 19.3 Å². The first-order valence-corrected chi connectivity index (χ1v) is 6.06. The van der Waals surface area contributed by atoms with E-state index in [2.05, 4.69) is 15.9 Å². The lowest BCUT2D eigenvalue weighted by molar-refractivity contribution is -0.387. The quantitative estimate of drug-likeness (QED) is 0.643. The molecule has 1 aromatic carbocycles. The zero-order valence-corrected chi connectivity index (χ0v) is 11.1. The topological polar surface area (TPSA) is 65.1 Å². The Balaban J connectivity index is 2.44.